The fourth-order valence-corrected chi connectivity index (χ4v) is 1.78. The van der Waals surface area contributed by atoms with Gasteiger partial charge in [0.1, 0.15) is 5.82 Å². The van der Waals surface area contributed by atoms with Crippen LogP contribution >= 0.6 is 0 Å². The maximum atomic E-state index is 5.69. The summed E-state index contributed by atoms with van der Waals surface area (Å²) in [5, 5.41) is 0. The highest BCUT2D eigenvalue weighted by atomic mass is 15.3. The molecule has 0 unspecified atom stereocenters. The Bertz CT molecular complexity index is 510. The van der Waals surface area contributed by atoms with Gasteiger partial charge in [-0.05, 0) is 31.5 Å². The lowest BCUT2D eigenvalue weighted by molar-refractivity contribution is 0.944. The highest BCUT2D eigenvalue weighted by Crippen LogP contribution is 2.25. The van der Waals surface area contributed by atoms with Crippen LogP contribution in [0, 0.1) is 6.92 Å². The molecule has 88 valence electrons. The average molecular weight is 228 g/mol. The fourth-order valence-electron chi connectivity index (χ4n) is 1.78. The van der Waals surface area contributed by atoms with E-state index in [4.69, 9.17) is 5.73 Å². The lowest BCUT2D eigenvalue weighted by Gasteiger charge is -2.22. The van der Waals surface area contributed by atoms with Gasteiger partial charge < -0.3 is 10.6 Å². The molecule has 2 rings (SSSR count). The van der Waals surface area contributed by atoms with Crippen molar-refractivity contribution in [3.63, 3.8) is 0 Å². The summed E-state index contributed by atoms with van der Waals surface area (Å²) in [5.41, 5.74) is 8.00. The van der Waals surface area contributed by atoms with Gasteiger partial charge in [0.25, 0.3) is 0 Å². The molecule has 0 saturated carbocycles. The van der Waals surface area contributed by atoms with Crippen molar-refractivity contribution in [2.45, 2.75) is 13.8 Å². The van der Waals surface area contributed by atoms with E-state index in [0.717, 1.165) is 12.2 Å². The van der Waals surface area contributed by atoms with E-state index in [-0.39, 0.29) is 0 Å². The Morgan fingerprint density at radius 3 is 2.65 bits per heavy atom. The normalized spacial score (nSPS) is 10.2. The van der Waals surface area contributed by atoms with Gasteiger partial charge in [0.15, 0.2) is 0 Å². The number of para-hydroxylation sites is 1. The van der Waals surface area contributed by atoms with Crippen molar-refractivity contribution in [3.05, 3.63) is 42.1 Å². The van der Waals surface area contributed by atoms with Crippen molar-refractivity contribution in [3.8, 4) is 0 Å². The highest BCUT2D eigenvalue weighted by molar-refractivity contribution is 5.61. The number of anilines is 3. The van der Waals surface area contributed by atoms with Crippen molar-refractivity contribution >= 4 is 17.5 Å². The summed E-state index contributed by atoms with van der Waals surface area (Å²) in [7, 11) is 0. The highest BCUT2D eigenvalue weighted by Gasteiger charge is 2.11. The van der Waals surface area contributed by atoms with Crippen LogP contribution in [0.25, 0.3) is 0 Å². The fraction of sp³-hybridized carbons (Fsp3) is 0.231. The number of nitrogen functional groups attached to an aromatic ring is 1. The zero-order valence-electron chi connectivity index (χ0n) is 10.1. The molecule has 0 aliphatic rings. The van der Waals surface area contributed by atoms with Gasteiger partial charge in [-0.3, -0.25) is 0 Å². The van der Waals surface area contributed by atoms with Gasteiger partial charge in [-0.25, -0.2) is 4.98 Å². The molecule has 4 heteroatoms. The number of benzene rings is 1. The summed E-state index contributed by atoms with van der Waals surface area (Å²) in [6.07, 6.45) is 1.68. The largest absolute Gasteiger partial charge is 0.384 e. The molecule has 0 bridgehead atoms. The predicted octanol–water partition coefficient (Wildman–Crippen LogP) is 2.53. The van der Waals surface area contributed by atoms with Crippen LogP contribution in [0.3, 0.4) is 0 Å². The lowest BCUT2D eigenvalue weighted by atomic mass is 10.2. The molecule has 0 aliphatic carbocycles. The maximum absolute atomic E-state index is 5.69. The molecule has 0 spiro atoms. The lowest BCUT2D eigenvalue weighted by Crippen LogP contribution is -2.20. The second kappa shape index (κ2) is 4.82. The van der Waals surface area contributed by atoms with Crippen LogP contribution in [0.15, 0.2) is 36.5 Å². The van der Waals surface area contributed by atoms with Crippen LogP contribution in [0.1, 0.15) is 12.5 Å². The van der Waals surface area contributed by atoms with Crippen LogP contribution < -0.4 is 10.6 Å². The molecule has 0 radical (unpaired) electrons. The molecule has 1 aromatic carbocycles. The first kappa shape index (κ1) is 11.4. The van der Waals surface area contributed by atoms with Gasteiger partial charge in [-0.2, -0.15) is 4.98 Å². The number of nitrogens with two attached hydrogens (primary N) is 1. The smallest absolute Gasteiger partial charge is 0.231 e. The molecule has 4 nitrogen and oxygen atoms in total. The quantitative estimate of drug-likeness (QED) is 0.877. The van der Waals surface area contributed by atoms with E-state index in [0.29, 0.717) is 11.8 Å². The molecule has 0 saturated heterocycles. The first-order valence-electron chi connectivity index (χ1n) is 5.64. The van der Waals surface area contributed by atoms with E-state index in [1.165, 1.54) is 5.56 Å². The third-order valence-corrected chi connectivity index (χ3v) is 2.63. The van der Waals surface area contributed by atoms with Crippen molar-refractivity contribution in [2.75, 3.05) is 17.2 Å². The summed E-state index contributed by atoms with van der Waals surface area (Å²) in [4.78, 5) is 10.6. The third kappa shape index (κ3) is 2.36. The number of hydrogen-bond donors (Lipinski definition) is 1. The van der Waals surface area contributed by atoms with E-state index < -0.39 is 0 Å². The van der Waals surface area contributed by atoms with Crippen molar-refractivity contribution in [1.29, 1.82) is 0 Å². The molecule has 2 N–H and O–H groups in total. The minimum absolute atomic E-state index is 0.488. The Labute approximate surface area is 101 Å². The molecule has 0 amide bonds. The van der Waals surface area contributed by atoms with Crippen LogP contribution in [0.5, 0.6) is 0 Å². The molecule has 2 aromatic rings. The molecule has 1 aromatic heterocycles. The number of nitrogens with zero attached hydrogens (tertiary/aromatic N) is 3. The Kier molecular flexibility index (Phi) is 3.23. The van der Waals surface area contributed by atoms with E-state index >= 15 is 0 Å². The molecule has 0 fully saturated rings. The van der Waals surface area contributed by atoms with Crippen LogP contribution in [0.2, 0.25) is 0 Å². The minimum Gasteiger partial charge on any atom is -0.384 e. The third-order valence-electron chi connectivity index (χ3n) is 2.63. The zero-order valence-corrected chi connectivity index (χ0v) is 10.1. The van der Waals surface area contributed by atoms with E-state index in [2.05, 4.69) is 35.9 Å². The topological polar surface area (TPSA) is 55.0 Å². The van der Waals surface area contributed by atoms with E-state index in [1.807, 2.05) is 17.0 Å². The molecular formula is C13H16N4. The molecule has 17 heavy (non-hydrogen) atoms. The molecule has 0 aliphatic heterocycles. The van der Waals surface area contributed by atoms with Gasteiger partial charge in [0.2, 0.25) is 5.95 Å². The predicted molar refractivity (Wildman–Crippen MR) is 70.3 cm³/mol. The van der Waals surface area contributed by atoms with E-state index in [1.54, 1.807) is 12.3 Å². The number of aryl methyl sites for hydroxylation is 1. The van der Waals surface area contributed by atoms with Gasteiger partial charge in [0, 0.05) is 18.4 Å². The van der Waals surface area contributed by atoms with Crippen LogP contribution in [-0.4, -0.2) is 16.5 Å². The van der Waals surface area contributed by atoms with Crippen molar-refractivity contribution in [2.24, 2.45) is 0 Å². The van der Waals surface area contributed by atoms with Crippen LogP contribution in [-0.2, 0) is 0 Å². The summed E-state index contributed by atoms with van der Waals surface area (Å²) in [5.74, 6) is 1.13. The van der Waals surface area contributed by atoms with Gasteiger partial charge in [0.05, 0.1) is 0 Å². The Hall–Kier alpha value is -2.10. The second-order valence-electron chi connectivity index (χ2n) is 3.81. The summed E-state index contributed by atoms with van der Waals surface area (Å²) in [6, 6.07) is 9.86. The summed E-state index contributed by atoms with van der Waals surface area (Å²) >= 11 is 0. The summed E-state index contributed by atoms with van der Waals surface area (Å²) in [6.45, 7) is 4.94. The van der Waals surface area contributed by atoms with Crippen molar-refractivity contribution in [1.82, 2.24) is 9.97 Å². The number of aromatic nitrogens is 2. The van der Waals surface area contributed by atoms with Gasteiger partial charge in [-0.1, -0.05) is 18.2 Å². The Morgan fingerprint density at radius 1 is 1.24 bits per heavy atom. The molecule has 0 atom stereocenters. The first-order chi connectivity index (χ1) is 8.22. The maximum Gasteiger partial charge on any atom is 0.231 e. The Morgan fingerprint density at radius 2 is 2.00 bits per heavy atom. The van der Waals surface area contributed by atoms with Crippen molar-refractivity contribution < 1.29 is 0 Å². The van der Waals surface area contributed by atoms with Gasteiger partial charge in [-0.15, -0.1) is 0 Å². The van der Waals surface area contributed by atoms with Crippen LogP contribution in [0.4, 0.5) is 17.5 Å². The average Bonchev–Trinajstić information content (AvgIpc) is 2.33. The molecular weight excluding hydrogens is 212 g/mol. The van der Waals surface area contributed by atoms with Gasteiger partial charge >= 0.3 is 0 Å². The van der Waals surface area contributed by atoms with E-state index in [9.17, 15) is 0 Å². The first-order valence-corrected chi connectivity index (χ1v) is 5.64. The zero-order chi connectivity index (χ0) is 12.3. The molecule has 1 heterocycles. The second-order valence-corrected chi connectivity index (χ2v) is 3.81. The summed E-state index contributed by atoms with van der Waals surface area (Å²) < 4.78 is 0. The minimum atomic E-state index is 0.488. The standard InChI is InChI=1S/C13H16N4/c1-3-17(11-7-5-4-6-10(11)2)13-15-9-8-12(14)16-13/h4-9H,3H2,1-2H3,(H2,14,15,16). The monoisotopic (exact) mass is 228 g/mol. The number of hydrogen-bond acceptors (Lipinski definition) is 4. The number of rotatable bonds is 3. The SMILES string of the molecule is CCN(c1nccc(N)n1)c1ccccc1C. The Balaban J connectivity index is 2.44.